The molecular weight excluding hydrogens is 364 g/mol. The zero-order chi connectivity index (χ0) is 19.2. The summed E-state index contributed by atoms with van der Waals surface area (Å²) in [5.41, 5.74) is 0.0929. The summed E-state index contributed by atoms with van der Waals surface area (Å²) >= 11 is 1.54. The van der Waals surface area contributed by atoms with Gasteiger partial charge in [-0.1, -0.05) is 13.8 Å². The van der Waals surface area contributed by atoms with Gasteiger partial charge in [-0.25, -0.2) is 9.78 Å². The third kappa shape index (κ3) is 3.33. The summed E-state index contributed by atoms with van der Waals surface area (Å²) in [6.07, 6.45) is 3.68. The maximum absolute atomic E-state index is 12.6. The Morgan fingerprint density at radius 2 is 2.07 bits per heavy atom. The van der Waals surface area contributed by atoms with E-state index in [1.807, 2.05) is 16.0 Å². The predicted molar refractivity (Wildman–Crippen MR) is 104 cm³/mol. The van der Waals surface area contributed by atoms with Crippen LogP contribution in [-0.2, 0) is 9.53 Å². The molecule has 1 N–H and O–H groups in total. The van der Waals surface area contributed by atoms with Crippen LogP contribution in [0.4, 0.5) is 9.93 Å². The minimum absolute atomic E-state index is 0.0739. The number of urea groups is 1. The molecule has 4 rings (SSSR count). The molecule has 0 aliphatic carbocycles. The highest BCUT2D eigenvalue weighted by molar-refractivity contribution is 7.15. The number of carbonyl (C=O) groups is 2. The molecule has 3 saturated heterocycles. The Hall–Kier alpha value is -1.67. The van der Waals surface area contributed by atoms with Gasteiger partial charge < -0.3 is 14.5 Å². The number of aromatic nitrogens is 1. The molecule has 2 atom stereocenters. The first kappa shape index (κ1) is 18.7. The van der Waals surface area contributed by atoms with Crippen molar-refractivity contribution in [3.63, 3.8) is 0 Å². The summed E-state index contributed by atoms with van der Waals surface area (Å²) < 4.78 is 5.70. The average Bonchev–Trinajstić information content (AvgIpc) is 3.33. The molecule has 0 aromatic carbocycles. The third-order valence-corrected chi connectivity index (χ3v) is 7.69. The van der Waals surface area contributed by atoms with E-state index < -0.39 is 0 Å². The summed E-state index contributed by atoms with van der Waals surface area (Å²) in [6.45, 7) is 9.50. The lowest BCUT2D eigenvalue weighted by Gasteiger charge is -2.41. The fourth-order valence-electron chi connectivity index (χ4n) is 4.82. The van der Waals surface area contributed by atoms with Gasteiger partial charge >= 0.3 is 6.03 Å². The Bertz CT molecular complexity index is 726. The summed E-state index contributed by atoms with van der Waals surface area (Å²) in [6, 6.07) is 0.141. The molecule has 148 valence electrons. The lowest BCUT2D eigenvalue weighted by molar-refractivity contribution is -0.130. The zero-order valence-corrected chi connectivity index (χ0v) is 17.1. The van der Waals surface area contributed by atoms with E-state index >= 15 is 0 Å². The molecule has 0 unspecified atom stereocenters. The van der Waals surface area contributed by atoms with E-state index in [9.17, 15) is 9.59 Å². The van der Waals surface area contributed by atoms with E-state index in [0.717, 1.165) is 26.0 Å². The fourth-order valence-corrected chi connectivity index (χ4v) is 5.63. The van der Waals surface area contributed by atoms with Crippen molar-refractivity contribution in [3.05, 3.63) is 11.1 Å². The van der Waals surface area contributed by atoms with E-state index in [2.05, 4.69) is 24.1 Å². The first-order chi connectivity index (χ1) is 12.9. The molecule has 1 spiro atoms. The molecular formula is C19H28N4O3S. The van der Waals surface area contributed by atoms with Crippen molar-refractivity contribution in [1.82, 2.24) is 14.8 Å². The van der Waals surface area contributed by atoms with E-state index in [-0.39, 0.29) is 23.4 Å². The number of carbonyl (C=O) groups excluding carboxylic acids is 2. The molecule has 0 radical (unpaired) electrons. The highest BCUT2D eigenvalue weighted by Crippen LogP contribution is 2.50. The Kier molecular flexibility index (Phi) is 4.88. The molecule has 1 aromatic rings. The number of thiazole rings is 1. The molecule has 3 aliphatic heterocycles. The second-order valence-electron chi connectivity index (χ2n) is 8.36. The molecule has 0 bridgehead atoms. The van der Waals surface area contributed by atoms with Crippen LogP contribution >= 0.6 is 11.3 Å². The van der Waals surface area contributed by atoms with Crippen molar-refractivity contribution in [2.24, 2.45) is 11.3 Å². The van der Waals surface area contributed by atoms with Crippen molar-refractivity contribution in [3.8, 4) is 0 Å². The van der Waals surface area contributed by atoms with Crippen molar-refractivity contribution in [2.75, 3.05) is 38.2 Å². The number of piperidine rings is 1. The summed E-state index contributed by atoms with van der Waals surface area (Å²) in [4.78, 5) is 34.0. The van der Waals surface area contributed by atoms with Gasteiger partial charge in [-0.2, -0.15) is 0 Å². The van der Waals surface area contributed by atoms with Gasteiger partial charge in [0, 0.05) is 43.5 Å². The van der Waals surface area contributed by atoms with Crippen molar-refractivity contribution < 1.29 is 14.3 Å². The van der Waals surface area contributed by atoms with E-state index in [4.69, 9.17) is 4.74 Å². The molecule has 3 amide bonds. The maximum atomic E-state index is 12.6. The average molecular weight is 393 g/mol. The van der Waals surface area contributed by atoms with Gasteiger partial charge in [-0.05, 0) is 24.2 Å². The lowest BCUT2D eigenvalue weighted by Crippen LogP contribution is -2.48. The van der Waals surface area contributed by atoms with Crippen LogP contribution in [0.2, 0.25) is 0 Å². The van der Waals surface area contributed by atoms with Gasteiger partial charge in [0.1, 0.15) is 0 Å². The lowest BCUT2D eigenvalue weighted by atomic mass is 9.70. The molecule has 27 heavy (non-hydrogen) atoms. The topological polar surface area (TPSA) is 74.8 Å². The fraction of sp³-hybridized carbons (Fsp3) is 0.737. The number of amides is 3. The molecule has 8 heteroatoms. The number of anilines is 1. The van der Waals surface area contributed by atoms with Gasteiger partial charge in [0.25, 0.3) is 0 Å². The van der Waals surface area contributed by atoms with Crippen LogP contribution in [0.3, 0.4) is 0 Å². The number of likely N-dealkylation sites (tertiary alicyclic amines) is 2. The highest BCUT2D eigenvalue weighted by atomic mass is 32.1. The second kappa shape index (κ2) is 7.05. The maximum Gasteiger partial charge on any atom is 0.323 e. The van der Waals surface area contributed by atoms with Crippen molar-refractivity contribution in [2.45, 2.75) is 45.6 Å². The zero-order valence-electron chi connectivity index (χ0n) is 16.2. The highest BCUT2D eigenvalue weighted by Gasteiger charge is 2.56. The quantitative estimate of drug-likeness (QED) is 0.840. The predicted octanol–water partition coefficient (Wildman–Crippen LogP) is 2.76. The van der Waals surface area contributed by atoms with E-state index in [0.29, 0.717) is 36.7 Å². The number of rotatable bonds is 2. The Morgan fingerprint density at radius 3 is 2.70 bits per heavy atom. The smallest absolute Gasteiger partial charge is 0.323 e. The Balaban J connectivity index is 1.38. The van der Waals surface area contributed by atoms with Gasteiger partial charge in [-0.3, -0.25) is 10.1 Å². The number of fused-ring (bicyclic) bond motifs is 2. The van der Waals surface area contributed by atoms with Crippen LogP contribution in [-0.4, -0.2) is 65.6 Å². The van der Waals surface area contributed by atoms with Gasteiger partial charge in [0.15, 0.2) is 5.13 Å². The first-order valence-electron chi connectivity index (χ1n) is 9.76. The summed E-state index contributed by atoms with van der Waals surface area (Å²) in [5.74, 6) is 0.951. The van der Waals surface area contributed by atoms with Crippen LogP contribution in [0.5, 0.6) is 0 Å². The molecule has 4 heterocycles. The number of nitrogens with zero attached hydrogens (tertiary/aromatic N) is 3. The molecule has 7 nitrogen and oxygen atoms in total. The number of hydrogen-bond acceptors (Lipinski definition) is 5. The minimum Gasteiger partial charge on any atom is -0.379 e. The van der Waals surface area contributed by atoms with Crippen molar-refractivity contribution >= 4 is 28.4 Å². The van der Waals surface area contributed by atoms with Crippen LogP contribution in [0.25, 0.3) is 0 Å². The van der Waals surface area contributed by atoms with Crippen molar-refractivity contribution in [1.29, 1.82) is 0 Å². The number of nitrogens with one attached hydrogen (secondary N) is 1. The Labute approximate surface area is 164 Å². The van der Waals surface area contributed by atoms with E-state index in [1.54, 1.807) is 6.92 Å². The molecule has 3 aliphatic rings. The largest absolute Gasteiger partial charge is 0.379 e. The standard InChI is InChI=1S/C19H28N4O3S/c1-12(2)16-8-20-17(27-16)21-18(25)22-6-4-19(5-7-22)11-23(13(3)24)15-10-26-9-14(15)19/h8,12,14-15H,4-7,9-11H2,1-3H3,(H,20,21,25)/t14-,15+/m0/s1. The van der Waals surface area contributed by atoms with Gasteiger partial charge in [-0.15, -0.1) is 11.3 Å². The monoisotopic (exact) mass is 392 g/mol. The van der Waals surface area contributed by atoms with Gasteiger partial charge in [0.05, 0.1) is 19.3 Å². The first-order valence-corrected chi connectivity index (χ1v) is 10.6. The molecule has 0 saturated carbocycles. The Morgan fingerprint density at radius 1 is 1.33 bits per heavy atom. The summed E-state index contributed by atoms with van der Waals surface area (Å²) in [7, 11) is 0. The van der Waals surface area contributed by atoms with Crippen LogP contribution in [0, 0.1) is 11.3 Å². The number of ether oxygens (including phenoxy) is 1. The second-order valence-corrected chi connectivity index (χ2v) is 9.42. The number of hydrogen-bond donors (Lipinski definition) is 1. The van der Waals surface area contributed by atoms with E-state index in [1.165, 1.54) is 16.2 Å². The van der Waals surface area contributed by atoms with Crippen LogP contribution in [0.15, 0.2) is 6.20 Å². The molecule has 3 fully saturated rings. The summed E-state index contributed by atoms with van der Waals surface area (Å²) in [5, 5.41) is 3.61. The van der Waals surface area contributed by atoms with Crippen LogP contribution < -0.4 is 5.32 Å². The minimum atomic E-state index is -0.0739. The van der Waals surface area contributed by atoms with Gasteiger partial charge in [0.2, 0.25) is 5.91 Å². The molecule has 1 aromatic heterocycles. The van der Waals surface area contributed by atoms with Crippen LogP contribution in [0.1, 0.15) is 44.4 Å². The normalized spacial score (nSPS) is 26.7. The SMILES string of the molecule is CC(=O)N1CC2(CCN(C(=O)Nc3ncc(C(C)C)s3)CC2)[C@H]2COC[C@H]21. The third-order valence-electron chi connectivity index (χ3n) is 6.48.